The lowest BCUT2D eigenvalue weighted by Gasteiger charge is -2.00. The fourth-order valence-electron chi connectivity index (χ4n) is 0.360. The molecule has 1 unspecified atom stereocenters. The molecule has 3 heteroatoms. The quantitative estimate of drug-likeness (QED) is 0.584. The van der Waals surface area contributed by atoms with Crippen molar-refractivity contribution in [3.05, 3.63) is 12.2 Å². The molecule has 0 aromatic rings. The van der Waals surface area contributed by atoms with Crippen molar-refractivity contribution in [1.82, 2.24) is 0 Å². The summed E-state index contributed by atoms with van der Waals surface area (Å²) in [6, 6.07) is 0. The lowest BCUT2D eigenvalue weighted by molar-refractivity contribution is 0.0240. The maximum absolute atomic E-state index is 11.5. The van der Waals surface area contributed by atoms with Crippen molar-refractivity contribution in [3.8, 4) is 0 Å². The van der Waals surface area contributed by atoms with Gasteiger partial charge in [-0.2, -0.15) is 0 Å². The molecule has 0 fully saturated rings. The fraction of sp³-hybridized carbons (Fsp3) is 0.667. The van der Waals surface area contributed by atoms with E-state index in [4.69, 9.17) is 5.11 Å². The summed E-state index contributed by atoms with van der Waals surface area (Å²) >= 11 is 0. The highest BCUT2D eigenvalue weighted by molar-refractivity contribution is 4.88. The Balaban J connectivity index is 3.48. The molecule has 0 bridgehead atoms. The highest BCUT2D eigenvalue weighted by Gasteiger charge is 2.11. The van der Waals surface area contributed by atoms with E-state index in [1.54, 1.807) is 0 Å². The van der Waals surface area contributed by atoms with Crippen LogP contribution in [0.1, 0.15) is 13.3 Å². The van der Waals surface area contributed by atoms with Crippen LogP contribution in [0.15, 0.2) is 12.2 Å². The third-order valence-electron chi connectivity index (χ3n) is 0.827. The van der Waals surface area contributed by atoms with Gasteiger partial charge in [0.15, 0.2) is 0 Å². The predicted octanol–water partition coefficient (Wildman–Crippen LogP) is 1.58. The predicted molar refractivity (Wildman–Crippen MR) is 31.4 cm³/mol. The Morgan fingerprint density at radius 3 is 2.44 bits per heavy atom. The smallest absolute Gasteiger partial charge is 0.267 e. The first kappa shape index (κ1) is 8.56. The first-order valence-corrected chi connectivity index (χ1v) is 2.81. The molecule has 0 aliphatic rings. The minimum absolute atomic E-state index is 0.670. The van der Waals surface area contributed by atoms with E-state index in [0.29, 0.717) is 6.42 Å². The number of aliphatic hydroxyl groups excluding tert-OH is 1. The van der Waals surface area contributed by atoms with Crippen molar-refractivity contribution in [1.29, 1.82) is 0 Å². The van der Waals surface area contributed by atoms with Crippen LogP contribution < -0.4 is 0 Å². The summed E-state index contributed by atoms with van der Waals surface area (Å²) in [5.74, 6) is 0. The van der Waals surface area contributed by atoms with Crippen molar-refractivity contribution >= 4 is 0 Å². The third-order valence-corrected chi connectivity index (χ3v) is 0.827. The van der Waals surface area contributed by atoms with Crippen LogP contribution in [-0.4, -0.2) is 17.6 Å². The molecule has 0 aliphatic heterocycles. The number of aliphatic hydroxyl groups is 1. The molecule has 0 amide bonds. The summed E-state index contributed by atoms with van der Waals surface area (Å²) in [5, 5.41) is 8.42. The lowest BCUT2D eigenvalue weighted by Crippen LogP contribution is -2.13. The molecule has 0 spiro atoms. The minimum atomic E-state index is -2.66. The molecule has 0 aromatic carbocycles. The van der Waals surface area contributed by atoms with Crippen molar-refractivity contribution in [2.75, 3.05) is 0 Å². The van der Waals surface area contributed by atoms with Gasteiger partial charge in [0, 0.05) is 0 Å². The van der Waals surface area contributed by atoms with Crippen LogP contribution in [0.5, 0.6) is 0 Å². The molecule has 1 N–H and O–H groups in total. The zero-order valence-electron chi connectivity index (χ0n) is 5.22. The second kappa shape index (κ2) is 4.44. The molecule has 1 nitrogen and oxygen atoms in total. The normalized spacial score (nSPS) is 15.2. The van der Waals surface area contributed by atoms with Crippen LogP contribution in [0.25, 0.3) is 0 Å². The van der Waals surface area contributed by atoms with Gasteiger partial charge >= 0.3 is 0 Å². The second-order valence-electron chi connectivity index (χ2n) is 1.66. The number of rotatable bonds is 3. The molecule has 54 valence electrons. The van der Waals surface area contributed by atoms with Crippen LogP contribution in [0.3, 0.4) is 0 Å². The summed E-state index contributed by atoms with van der Waals surface area (Å²) in [7, 11) is 0. The van der Waals surface area contributed by atoms with E-state index in [-0.39, 0.29) is 0 Å². The molecule has 0 heterocycles. The van der Waals surface area contributed by atoms with E-state index >= 15 is 0 Å². The zero-order chi connectivity index (χ0) is 7.28. The Kier molecular flexibility index (Phi) is 4.22. The van der Waals surface area contributed by atoms with Gasteiger partial charge in [0.1, 0.15) is 6.10 Å². The molecule has 9 heavy (non-hydrogen) atoms. The molecule has 0 saturated carbocycles. The highest BCUT2D eigenvalue weighted by atomic mass is 19.3. The first-order chi connectivity index (χ1) is 4.18. The van der Waals surface area contributed by atoms with E-state index in [0.717, 1.165) is 6.08 Å². The van der Waals surface area contributed by atoms with E-state index in [9.17, 15) is 8.78 Å². The highest BCUT2D eigenvalue weighted by Crippen LogP contribution is 2.01. The largest absolute Gasteiger partial charge is 0.383 e. The Morgan fingerprint density at radius 2 is 2.11 bits per heavy atom. The van der Waals surface area contributed by atoms with E-state index < -0.39 is 12.5 Å². The summed E-state index contributed by atoms with van der Waals surface area (Å²) < 4.78 is 22.9. The van der Waals surface area contributed by atoms with Gasteiger partial charge in [0.2, 0.25) is 0 Å². The Morgan fingerprint density at radius 1 is 1.56 bits per heavy atom. The fourth-order valence-corrected chi connectivity index (χ4v) is 0.360. The average Bonchev–Trinajstić information content (AvgIpc) is 1.82. The van der Waals surface area contributed by atoms with E-state index in [2.05, 4.69) is 0 Å². The van der Waals surface area contributed by atoms with Gasteiger partial charge in [-0.15, -0.1) is 0 Å². The molecule has 0 rings (SSSR count). The Labute approximate surface area is 53.0 Å². The average molecular weight is 136 g/mol. The maximum atomic E-state index is 11.5. The Bertz CT molecular complexity index is 91.1. The second-order valence-corrected chi connectivity index (χ2v) is 1.66. The molecule has 1 atom stereocenters. The minimum Gasteiger partial charge on any atom is -0.383 e. The number of hydrogen-bond acceptors (Lipinski definition) is 1. The summed E-state index contributed by atoms with van der Waals surface area (Å²) in [4.78, 5) is 0. The van der Waals surface area contributed by atoms with Crippen LogP contribution in [0, 0.1) is 0 Å². The number of alkyl halides is 2. The van der Waals surface area contributed by atoms with E-state index in [1.165, 1.54) is 6.08 Å². The summed E-state index contributed by atoms with van der Waals surface area (Å²) in [5.41, 5.74) is 0. The number of allylic oxidation sites excluding steroid dienone is 1. The van der Waals surface area contributed by atoms with Crippen molar-refractivity contribution in [2.45, 2.75) is 25.9 Å². The van der Waals surface area contributed by atoms with E-state index in [1.807, 2.05) is 6.92 Å². The number of halogens is 2. The van der Waals surface area contributed by atoms with Gasteiger partial charge in [-0.05, 0) is 6.42 Å². The first-order valence-electron chi connectivity index (χ1n) is 2.81. The Hall–Kier alpha value is -0.440. The van der Waals surface area contributed by atoms with Crippen LogP contribution in [-0.2, 0) is 0 Å². The van der Waals surface area contributed by atoms with Crippen LogP contribution in [0.2, 0.25) is 0 Å². The molecule has 0 saturated heterocycles. The summed E-state index contributed by atoms with van der Waals surface area (Å²) in [6.07, 6.45) is -0.969. The standard InChI is InChI=1S/C6H10F2O/c1-2-3-4-5(9)6(7)8/h3-6,9H,2H2,1H3/b4-3+. The van der Waals surface area contributed by atoms with Crippen molar-refractivity contribution in [2.24, 2.45) is 0 Å². The molecular formula is C6H10F2O. The van der Waals surface area contributed by atoms with Crippen molar-refractivity contribution < 1.29 is 13.9 Å². The topological polar surface area (TPSA) is 20.2 Å². The SMILES string of the molecule is CC/C=C/C(O)C(F)F. The van der Waals surface area contributed by atoms with Crippen LogP contribution >= 0.6 is 0 Å². The van der Waals surface area contributed by atoms with Gasteiger partial charge in [-0.3, -0.25) is 0 Å². The lowest BCUT2D eigenvalue weighted by atomic mass is 10.3. The molecule has 0 aliphatic carbocycles. The zero-order valence-corrected chi connectivity index (χ0v) is 5.22. The molecule has 0 radical (unpaired) electrons. The molecular weight excluding hydrogens is 126 g/mol. The monoisotopic (exact) mass is 136 g/mol. The number of hydrogen-bond donors (Lipinski definition) is 1. The maximum Gasteiger partial charge on any atom is 0.267 e. The summed E-state index contributed by atoms with van der Waals surface area (Å²) in [6.45, 7) is 1.81. The third kappa shape index (κ3) is 4.09. The van der Waals surface area contributed by atoms with Gasteiger partial charge in [0.25, 0.3) is 6.43 Å². The molecule has 0 aromatic heterocycles. The van der Waals surface area contributed by atoms with Crippen LogP contribution in [0.4, 0.5) is 8.78 Å². The van der Waals surface area contributed by atoms with Gasteiger partial charge in [-0.25, -0.2) is 8.78 Å². The van der Waals surface area contributed by atoms with Gasteiger partial charge < -0.3 is 5.11 Å². The van der Waals surface area contributed by atoms with Gasteiger partial charge in [-0.1, -0.05) is 19.1 Å². The van der Waals surface area contributed by atoms with Gasteiger partial charge in [0.05, 0.1) is 0 Å². The van der Waals surface area contributed by atoms with Crippen molar-refractivity contribution in [3.63, 3.8) is 0 Å².